The molecule has 0 aromatic heterocycles. The van der Waals surface area contributed by atoms with Crippen LogP contribution >= 0.6 is 15.9 Å². The minimum Gasteiger partial charge on any atom is -0.481 e. The van der Waals surface area contributed by atoms with Gasteiger partial charge >= 0.3 is 5.69 Å². The van der Waals surface area contributed by atoms with Gasteiger partial charge in [0.1, 0.15) is 6.61 Å². The van der Waals surface area contributed by atoms with Crippen LogP contribution in [0, 0.1) is 33.8 Å². The van der Waals surface area contributed by atoms with E-state index in [1.54, 1.807) is 6.07 Å². The fourth-order valence-electron chi connectivity index (χ4n) is 4.80. The molecular formula is C23H18BrN3O5. The topological polar surface area (TPSA) is 102 Å². The van der Waals surface area contributed by atoms with Crippen molar-refractivity contribution < 1.29 is 19.2 Å². The molecule has 2 aromatic rings. The minimum absolute atomic E-state index is 0.0326. The Balaban J connectivity index is 1.41. The van der Waals surface area contributed by atoms with Crippen LogP contribution in [0.4, 0.5) is 5.69 Å². The van der Waals surface area contributed by atoms with Gasteiger partial charge in [0.25, 0.3) is 11.8 Å². The highest BCUT2D eigenvalue weighted by Gasteiger charge is 2.59. The number of imide groups is 1. The number of para-hydroxylation sites is 1. The lowest BCUT2D eigenvalue weighted by molar-refractivity contribution is -0.385. The Morgan fingerprint density at radius 3 is 2.38 bits per heavy atom. The van der Waals surface area contributed by atoms with E-state index in [1.807, 2.05) is 36.4 Å². The number of amides is 2. The summed E-state index contributed by atoms with van der Waals surface area (Å²) in [4.78, 5) is 36.7. The number of rotatable bonds is 6. The van der Waals surface area contributed by atoms with Crippen molar-refractivity contribution in [2.45, 2.75) is 13.0 Å². The number of hydrogen-bond acceptors (Lipinski definition) is 6. The number of carbonyl (C=O) groups excluding carboxylic acids is 2. The summed E-state index contributed by atoms with van der Waals surface area (Å²) in [5, 5.41) is 16.6. The van der Waals surface area contributed by atoms with Crippen LogP contribution in [-0.2, 0) is 16.2 Å². The molecule has 162 valence electrons. The van der Waals surface area contributed by atoms with E-state index in [0.717, 1.165) is 21.5 Å². The first-order chi connectivity index (χ1) is 15.4. The lowest BCUT2D eigenvalue weighted by Crippen LogP contribution is -2.28. The molecule has 4 atom stereocenters. The van der Waals surface area contributed by atoms with E-state index >= 15 is 0 Å². The predicted molar refractivity (Wildman–Crippen MR) is 119 cm³/mol. The quantitative estimate of drug-likeness (QED) is 0.197. The second-order valence-corrected chi connectivity index (χ2v) is 9.02. The summed E-state index contributed by atoms with van der Waals surface area (Å²) in [6.45, 7) is 0.111. The van der Waals surface area contributed by atoms with Gasteiger partial charge in [-0.1, -0.05) is 46.3 Å². The molecule has 0 radical (unpaired) electrons. The second-order valence-electron chi connectivity index (χ2n) is 8.10. The Morgan fingerprint density at radius 1 is 1.09 bits per heavy atom. The Hall–Kier alpha value is -3.33. The van der Waals surface area contributed by atoms with Crippen molar-refractivity contribution in [2.75, 3.05) is 0 Å². The smallest absolute Gasteiger partial charge is 0.311 e. The number of nitrogens with zero attached hydrogens (tertiary/aromatic N) is 3. The van der Waals surface area contributed by atoms with Crippen LogP contribution in [0.1, 0.15) is 17.5 Å². The summed E-state index contributed by atoms with van der Waals surface area (Å²) in [5.41, 5.74) is 0.925. The molecule has 3 aliphatic rings. The Kier molecular flexibility index (Phi) is 5.13. The zero-order chi connectivity index (χ0) is 22.4. The lowest BCUT2D eigenvalue weighted by atomic mass is 9.85. The molecule has 5 rings (SSSR count). The Labute approximate surface area is 191 Å². The van der Waals surface area contributed by atoms with E-state index in [-0.39, 0.29) is 53.5 Å². The van der Waals surface area contributed by atoms with Crippen molar-refractivity contribution >= 4 is 39.6 Å². The highest BCUT2D eigenvalue weighted by atomic mass is 79.9. The van der Waals surface area contributed by atoms with Crippen LogP contribution in [0.2, 0.25) is 0 Å². The first kappa shape index (κ1) is 20.6. The van der Waals surface area contributed by atoms with Crippen molar-refractivity contribution in [1.29, 1.82) is 0 Å². The van der Waals surface area contributed by atoms with Gasteiger partial charge in [0.15, 0.2) is 0 Å². The third-order valence-electron chi connectivity index (χ3n) is 6.28. The normalized spacial score (nSPS) is 25.7. The molecule has 9 heteroatoms. The minimum atomic E-state index is -0.534. The molecule has 1 heterocycles. The molecule has 1 saturated carbocycles. The number of benzene rings is 2. The van der Waals surface area contributed by atoms with Crippen LogP contribution < -0.4 is 4.74 Å². The van der Waals surface area contributed by atoms with Crippen molar-refractivity contribution in [1.82, 2.24) is 5.01 Å². The van der Waals surface area contributed by atoms with Crippen LogP contribution in [-0.4, -0.2) is 28.0 Å². The third-order valence-corrected chi connectivity index (χ3v) is 6.81. The standard InChI is InChI=1S/C23H18BrN3O5/c24-17-8-4-13(5-9-17)12-32-21-16(2-1-3-18(21)27(30)31)11-25-26-22(28)19-14-6-7-15(10-14)20(19)23(26)29/h1-9,11,14-15,19-20H,10,12H2/t14-,15-,19-,20+/m0/s1. The molecule has 0 unspecified atom stereocenters. The molecule has 1 aliphatic heterocycles. The second kappa shape index (κ2) is 7.98. The summed E-state index contributed by atoms with van der Waals surface area (Å²) in [7, 11) is 0. The number of nitro groups is 1. The number of fused-ring (bicyclic) bond motifs is 5. The fourth-order valence-corrected chi connectivity index (χ4v) is 5.07. The number of nitro benzene ring substituents is 1. The number of hydrazone groups is 1. The molecule has 32 heavy (non-hydrogen) atoms. The number of carbonyl (C=O) groups is 2. The van der Waals surface area contributed by atoms with Crippen molar-refractivity contribution in [2.24, 2.45) is 28.8 Å². The average Bonchev–Trinajstić information content (AvgIpc) is 3.46. The highest BCUT2D eigenvalue weighted by molar-refractivity contribution is 9.10. The summed E-state index contributed by atoms with van der Waals surface area (Å²) in [6.07, 6.45) is 6.15. The average molecular weight is 496 g/mol. The zero-order valence-corrected chi connectivity index (χ0v) is 18.3. The molecule has 0 spiro atoms. The summed E-state index contributed by atoms with van der Waals surface area (Å²) in [6, 6.07) is 11.8. The van der Waals surface area contributed by atoms with Gasteiger partial charge in [-0.3, -0.25) is 19.7 Å². The van der Waals surface area contributed by atoms with Crippen molar-refractivity contribution in [3.63, 3.8) is 0 Å². The highest BCUT2D eigenvalue weighted by Crippen LogP contribution is 2.52. The van der Waals surface area contributed by atoms with Gasteiger partial charge in [-0.25, -0.2) is 0 Å². The molecule has 2 amide bonds. The molecule has 2 fully saturated rings. The summed E-state index contributed by atoms with van der Waals surface area (Å²) >= 11 is 3.36. The van der Waals surface area contributed by atoms with E-state index in [2.05, 4.69) is 21.0 Å². The van der Waals surface area contributed by atoms with Crippen LogP contribution in [0.25, 0.3) is 0 Å². The van der Waals surface area contributed by atoms with Gasteiger partial charge in [0.05, 0.1) is 23.0 Å². The summed E-state index contributed by atoms with van der Waals surface area (Å²) in [5.74, 6) is -1.12. The molecule has 2 aliphatic carbocycles. The van der Waals surface area contributed by atoms with E-state index in [9.17, 15) is 19.7 Å². The van der Waals surface area contributed by atoms with E-state index in [4.69, 9.17) is 4.74 Å². The third kappa shape index (κ3) is 3.42. The largest absolute Gasteiger partial charge is 0.481 e. The number of halogens is 1. The number of hydrogen-bond donors (Lipinski definition) is 0. The molecule has 1 saturated heterocycles. The molecule has 0 N–H and O–H groups in total. The first-order valence-corrected chi connectivity index (χ1v) is 11.0. The SMILES string of the molecule is O=C1[C@@H]2[C@H](C(=O)N1N=Cc1cccc([N+](=O)[O-])c1OCc1ccc(Br)cc1)[C@H]1C=C[C@H]2C1. The van der Waals surface area contributed by atoms with E-state index in [1.165, 1.54) is 18.3 Å². The monoisotopic (exact) mass is 495 g/mol. The van der Waals surface area contributed by atoms with Crippen molar-refractivity contribution in [3.8, 4) is 5.75 Å². The lowest BCUT2D eigenvalue weighted by Gasteiger charge is -2.13. The van der Waals surface area contributed by atoms with Gasteiger partial charge in [-0.15, -0.1) is 0 Å². The molecule has 8 nitrogen and oxygen atoms in total. The molecule has 2 bridgehead atoms. The number of ether oxygens (including phenoxy) is 1. The van der Waals surface area contributed by atoms with Crippen LogP contribution in [0.3, 0.4) is 0 Å². The maximum atomic E-state index is 12.8. The first-order valence-electron chi connectivity index (χ1n) is 10.2. The van der Waals surface area contributed by atoms with Gasteiger partial charge in [0.2, 0.25) is 5.75 Å². The Morgan fingerprint density at radius 2 is 1.75 bits per heavy atom. The Bertz CT molecular complexity index is 1150. The van der Waals surface area contributed by atoms with E-state index < -0.39 is 4.92 Å². The number of allylic oxidation sites excluding steroid dienone is 2. The fraction of sp³-hybridized carbons (Fsp3) is 0.261. The summed E-state index contributed by atoms with van der Waals surface area (Å²) < 4.78 is 6.71. The van der Waals surface area contributed by atoms with Crippen LogP contribution in [0.5, 0.6) is 5.75 Å². The van der Waals surface area contributed by atoms with Gasteiger partial charge in [0, 0.05) is 16.1 Å². The maximum absolute atomic E-state index is 12.8. The van der Waals surface area contributed by atoms with Gasteiger partial charge in [-0.05, 0) is 42.0 Å². The van der Waals surface area contributed by atoms with Gasteiger partial charge < -0.3 is 4.74 Å². The van der Waals surface area contributed by atoms with Gasteiger partial charge in [-0.2, -0.15) is 10.1 Å². The maximum Gasteiger partial charge on any atom is 0.311 e. The van der Waals surface area contributed by atoms with Crippen molar-refractivity contribution in [3.05, 3.63) is 80.3 Å². The van der Waals surface area contributed by atoms with E-state index in [0.29, 0.717) is 5.56 Å². The van der Waals surface area contributed by atoms with Crippen LogP contribution in [0.15, 0.2) is 64.2 Å². The predicted octanol–water partition coefficient (Wildman–Crippen LogP) is 4.08. The molecule has 2 aromatic carbocycles. The zero-order valence-electron chi connectivity index (χ0n) is 16.8. The molecular weight excluding hydrogens is 478 g/mol.